The number of methoxy groups -OCH3 is 1. The van der Waals surface area contributed by atoms with Gasteiger partial charge in [-0.25, -0.2) is 0 Å². The second kappa shape index (κ2) is 20.9. The Labute approximate surface area is 327 Å². The van der Waals surface area contributed by atoms with Crippen LogP contribution in [0, 0.1) is 6.07 Å². The molecule has 7 aromatic carbocycles. The van der Waals surface area contributed by atoms with Crippen LogP contribution in [0.15, 0.2) is 175 Å². The molecule has 1 N–H and O–H groups in total. The number of aliphatic imine (C=N–C) groups is 1. The summed E-state index contributed by atoms with van der Waals surface area (Å²) in [5, 5.41) is 16.8. The molecule has 53 heavy (non-hydrogen) atoms. The summed E-state index contributed by atoms with van der Waals surface area (Å²) in [5.41, 5.74) is 4.12. The minimum atomic E-state index is -0.877. The van der Waals surface area contributed by atoms with Crippen molar-refractivity contribution in [2.24, 2.45) is 4.99 Å². The van der Waals surface area contributed by atoms with Gasteiger partial charge in [0.05, 0.1) is 26.1 Å². The van der Waals surface area contributed by atoms with E-state index >= 15 is 0 Å². The largest absolute Gasteiger partial charge is 0.506 e. The van der Waals surface area contributed by atoms with Crippen LogP contribution in [-0.2, 0) is 16.5 Å². The number of hydrogen-bond donors (Lipinski definition) is 1. The van der Waals surface area contributed by atoms with Crippen LogP contribution in [-0.4, -0.2) is 18.4 Å². The molecule has 0 spiro atoms. The Bertz CT molecular complexity index is 1990. The molecule has 0 atom stereocenters. The van der Waals surface area contributed by atoms with Gasteiger partial charge >= 0.3 is 0 Å². The van der Waals surface area contributed by atoms with Crippen molar-refractivity contribution in [3.05, 3.63) is 193 Å². The van der Waals surface area contributed by atoms with Crippen molar-refractivity contribution in [2.45, 2.75) is 39.5 Å². The van der Waals surface area contributed by atoms with Crippen LogP contribution in [0.2, 0.25) is 0 Å². The maximum absolute atomic E-state index is 10.8. The van der Waals surface area contributed by atoms with Gasteiger partial charge in [-0.05, 0) is 76.9 Å². The number of rotatable bonds is 8. The maximum Gasteiger partial charge on any atom is 0.135 e. The van der Waals surface area contributed by atoms with E-state index < -0.39 is 7.92 Å². The number of benzene rings is 7. The summed E-state index contributed by atoms with van der Waals surface area (Å²) in [6.45, 7) is 8.71. The molecule has 0 aromatic heterocycles. The van der Waals surface area contributed by atoms with Gasteiger partial charge in [0.2, 0.25) is 0 Å². The first-order valence-electron chi connectivity index (χ1n) is 17.8. The number of ether oxygens (including phenoxy) is 1. The monoisotopic (exact) mass is 759 g/mol. The Balaban J connectivity index is 0.000000208. The topological polar surface area (TPSA) is 41.8 Å². The first-order valence-corrected chi connectivity index (χ1v) is 19.3. The van der Waals surface area contributed by atoms with Crippen LogP contribution in [0.1, 0.15) is 56.2 Å². The second-order valence-corrected chi connectivity index (χ2v) is 15.4. The first-order chi connectivity index (χ1) is 25.4. The van der Waals surface area contributed by atoms with Gasteiger partial charge in [-0.2, -0.15) is 36.4 Å². The Morgan fingerprint density at radius 1 is 0.585 bits per heavy atom. The van der Waals surface area contributed by atoms with Crippen molar-refractivity contribution >= 4 is 46.5 Å². The fraction of sp³-hybridized carbons (Fsp3) is 0.146. The average molecular weight is 761 g/mol. The molecule has 0 fully saturated rings. The molecule has 0 unspecified atom stereocenters. The third-order valence-corrected chi connectivity index (χ3v) is 11.4. The van der Waals surface area contributed by atoms with E-state index in [-0.39, 0.29) is 22.2 Å². The summed E-state index contributed by atoms with van der Waals surface area (Å²) in [4.78, 5) is 4.82. The van der Waals surface area contributed by atoms with Crippen LogP contribution in [0.3, 0.4) is 0 Å². The molecule has 0 saturated heterocycles. The standard InChI is InChI=1S/C24H27NO2.C18H15P.C6H5.Ni/c1-15(2)19-9-7-10-20(16(3)4)23(19)25-14-18-13-12-17-8-6-11-21(27-5)22(17)24(18)26;1-4-10-16(11-5-1)19(17-12-6-2-7-13-17)18-14-8-3-9-15-18;1-2-4-6-5-3-1;/h6-16,26H,1-5H3;1-15H;1-5H;/q;;-1;/p+1. The van der Waals surface area contributed by atoms with E-state index in [1.807, 2.05) is 60.7 Å². The number of phenols is 1. The minimum absolute atomic E-state index is 0. The SMILES string of the molecule is COc1cccc2ccc(C=Nc3c(C(C)C)cccc3C(C)C)c(O)c12.[Ni].[c-]1ccccc1.c1ccc([PH+](c2ccccc2)c2ccccc2)cc1. The number of para-hydroxylation sites is 1. The summed E-state index contributed by atoms with van der Waals surface area (Å²) >= 11 is 0. The van der Waals surface area contributed by atoms with Crippen LogP contribution < -0.4 is 20.7 Å². The van der Waals surface area contributed by atoms with Crippen molar-refractivity contribution in [1.82, 2.24) is 0 Å². The molecule has 0 bridgehead atoms. The predicted molar refractivity (Wildman–Crippen MR) is 226 cm³/mol. The van der Waals surface area contributed by atoms with Gasteiger partial charge in [0.1, 0.15) is 27.4 Å². The number of fused-ring (bicyclic) bond motifs is 1. The summed E-state index contributed by atoms with van der Waals surface area (Å²) < 4.78 is 5.42. The van der Waals surface area contributed by atoms with Crippen molar-refractivity contribution in [1.29, 1.82) is 0 Å². The molecule has 7 rings (SSSR count). The van der Waals surface area contributed by atoms with Gasteiger partial charge in [0.15, 0.2) is 0 Å². The smallest absolute Gasteiger partial charge is 0.135 e. The first kappa shape index (κ1) is 40.8. The van der Waals surface area contributed by atoms with E-state index in [1.165, 1.54) is 27.0 Å². The van der Waals surface area contributed by atoms with Crippen LogP contribution in [0.25, 0.3) is 10.8 Å². The van der Waals surface area contributed by atoms with Crippen LogP contribution in [0.5, 0.6) is 11.5 Å². The molecule has 0 amide bonds. The quantitative estimate of drug-likeness (QED) is 0.0725. The summed E-state index contributed by atoms with van der Waals surface area (Å²) in [6.07, 6.45) is 1.76. The third kappa shape index (κ3) is 11.0. The molecular formula is C48H48NNiO2P. The van der Waals surface area contributed by atoms with Crippen molar-refractivity contribution < 1.29 is 26.3 Å². The number of phenolic OH excluding ortho intramolecular Hbond substituents is 1. The number of aromatic hydroxyl groups is 1. The Hall–Kier alpha value is -5.01. The summed E-state index contributed by atoms with van der Waals surface area (Å²) in [5.74, 6) is 1.61. The molecule has 5 heteroatoms. The van der Waals surface area contributed by atoms with Gasteiger partial charge in [0.25, 0.3) is 0 Å². The van der Waals surface area contributed by atoms with Gasteiger partial charge in [-0.15, -0.1) is 0 Å². The molecule has 272 valence electrons. The van der Waals surface area contributed by atoms with Gasteiger partial charge in [0, 0.05) is 28.3 Å². The zero-order valence-electron chi connectivity index (χ0n) is 31.0. The molecule has 0 radical (unpaired) electrons. The van der Waals surface area contributed by atoms with Gasteiger partial charge in [-0.3, -0.25) is 4.99 Å². The molecule has 0 saturated carbocycles. The van der Waals surface area contributed by atoms with E-state index in [2.05, 4.69) is 143 Å². The molecular weight excluding hydrogens is 712 g/mol. The van der Waals surface area contributed by atoms with Crippen LogP contribution >= 0.6 is 7.92 Å². The fourth-order valence-corrected chi connectivity index (χ4v) is 8.65. The number of hydrogen-bond acceptors (Lipinski definition) is 3. The Morgan fingerprint density at radius 3 is 1.47 bits per heavy atom. The van der Waals surface area contributed by atoms with E-state index in [1.54, 1.807) is 13.3 Å². The maximum atomic E-state index is 10.8. The third-order valence-electron chi connectivity index (χ3n) is 8.70. The molecule has 0 heterocycles. The second-order valence-electron chi connectivity index (χ2n) is 13.0. The fourth-order valence-electron chi connectivity index (χ4n) is 6.07. The molecule has 0 aliphatic heterocycles. The number of nitrogens with zero attached hydrogens (tertiary/aromatic N) is 1. The predicted octanol–water partition coefficient (Wildman–Crippen LogP) is 11.2. The zero-order valence-corrected chi connectivity index (χ0v) is 33.0. The van der Waals surface area contributed by atoms with Crippen molar-refractivity contribution in [3.8, 4) is 11.5 Å². The van der Waals surface area contributed by atoms with E-state index in [0.717, 1.165) is 11.1 Å². The van der Waals surface area contributed by atoms with E-state index in [9.17, 15) is 5.11 Å². The van der Waals surface area contributed by atoms with Crippen molar-refractivity contribution in [3.63, 3.8) is 0 Å². The van der Waals surface area contributed by atoms with Gasteiger partial charge < -0.3 is 9.84 Å². The zero-order chi connectivity index (χ0) is 36.7. The summed E-state index contributed by atoms with van der Waals surface area (Å²) in [7, 11) is 0.737. The van der Waals surface area contributed by atoms with E-state index in [4.69, 9.17) is 9.73 Å². The minimum Gasteiger partial charge on any atom is -0.506 e. The van der Waals surface area contributed by atoms with Crippen molar-refractivity contribution in [2.75, 3.05) is 7.11 Å². The molecule has 0 aliphatic carbocycles. The average Bonchev–Trinajstić information content (AvgIpc) is 3.20. The van der Waals surface area contributed by atoms with Crippen LogP contribution in [0.4, 0.5) is 5.69 Å². The Morgan fingerprint density at radius 2 is 1.06 bits per heavy atom. The molecule has 7 aromatic rings. The van der Waals surface area contributed by atoms with E-state index in [0.29, 0.717) is 28.5 Å². The Kier molecular flexibility index (Phi) is 16.1. The summed E-state index contributed by atoms with van der Waals surface area (Å²) in [6, 6.07) is 61.0. The molecule has 0 aliphatic rings. The normalized spacial score (nSPS) is 10.7. The molecule has 3 nitrogen and oxygen atoms in total. The van der Waals surface area contributed by atoms with Gasteiger partial charge in [-0.1, -0.05) is 119 Å².